The largest absolute Gasteiger partial charge is 0.390 e. The van der Waals surface area contributed by atoms with Crippen LogP contribution in [0.1, 0.15) is 58.3 Å². The lowest BCUT2D eigenvalue weighted by molar-refractivity contribution is -0.142. The van der Waals surface area contributed by atoms with Crippen LogP contribution in [0.5, 0.6) is 0 Å². The number of ether oxygens (including phenoxy) is 1. The van der Waals surface area contributed by atoms with Gasteiger partial charge in [-0.15, -0.1) is 0 Å². The molecule has 2 rings (SSSR count). The number of aliphatic hydroxyl groups excluding tert-OH is 1. The maximum Gasteiger partial charge on any atom is 0.0940 e. The van der Waals surface area contributed by atoms with Crippen molar-refractivity contribution >= 4 is 0 Å². The van der Waals surface area contributed by atoms with Crippen LogP contribution in [-0.2, 0) is 4.74 Å². The van der Waals surface area contributed by atoms with Crippen molar-refractivity contribution in [2.45, 2.75) is 70.0 Å². The van der Waals surface area contributed by atoms with Gasteiger partial charge in [0.05, 0.1) is 11.7 Å². The minimum absolute atomic E-state index is 0.185. The van der Waals surface area contributed by atoms with E-state index in [0.717, 1.165) is 31.8 Å². The Kier molecular flexibility index (Phi) is 3.68. The van der Waals surface area contributed by atoms with Crippen LogP contribution >= 0.6 is 0 Å². The molecule has 1 unspecified atom stereocenters. The van der Waals surface area contributed by atoms with Crippen LogP contribution in [0.15, 0.2) is 0 Å². The SMILES string of the molecule is CCOC1(C(O)CC2CC2)CCCCC1. The molecule has 2 saturated carbocycles. The molecule has 2 aliphatic carbocycles. The van der Waals surface area contributed by atoms with Crippen molar-refractivity contribution in [3.63, 3.8) is 0 Å². The van der Waals surface area contributed by atoms with Gasteiger partial charge >= 0.3 is 0 Å². The highest BCUT2D eigenvalue weighted by atomic mass is 16.5. The van der Waals surface area contributed by atoms with Gasteiger partial charge in [-0.05, 0) is 32.1 Å². The third kappa shape index (κ3) is 2.73. The second-order valence-electron chi connectivity index (χ2n) is 5.25. The van der Waals surface area contributed by atoms with Crippen LogP contribution in [0.3, 0.4) is 0 Å². The summed E-state index contributed by atoms with van der Waals surface area (Å²) in [7, 11) is 0. The number of rotatable bonds is 5. The Bertz CT molecular complexity index is 187. The average molecular weight is 212 g/mol. The third-order valence-corrected chi connectivity index (χ3v) is 3.99. The van der Waals surface area contributed by atoms with Crippen LogP contribution < -0.4 is 0 Å². The van der Waals surface area contributed by atoms with Crippen molar-refractivity contribution in [2.24, 2.45) is 5.92 Å². The van der Waals surface area contributed by atoms with Crippen molar-refractivity contribution in [1.29, 1.82) is 0 Å². The van der Waals surface area contributed by atoms with Gasteiger partial charge in [0.15, 0.2) is 0 Å². The van der Waals surface area contributed by atoms with Gasteiger partial charge in [-0.2, -0.15) is 0 Å². The van der Waals surface area contributed by atoms with E-state index in [-0.39, 0.29) is 11.7 Å². The summed E-state index contributed by atoms with van der Waals surface area (Å²) in [6.07, 6.45) is 9.28. The molecule has 15 heavy (non-hydrogen) atoms. The standard InChI is InChI=1S/C13H24O2/c1-2-15-13(8-4-3-5-9-13)12(14)10-11-6-7-11/h11-12,14H,2-10H2,1H3. The normalized spacial score (nSPS) is 27.6. The van der Waals surface area contributed by atoms with E-state index >= 15 is 0 Å². The van der Waals surface area contributed by atoms with Crippen LogP contribution in [0.2, 0.25) is 0 Å². The zero-order chi connectivity index (χ0) is 10.7. The Morgan fingerprint density at radius 1 is 1.27 bits per heavy atom. The van der Waals surface area contributed by atoms with Crippen molar-refractivity contribution in [3.05, 3.63) is 0 Å². The first-order chi connectivity index (χ1) is 7.27. The van der Waals surface area contributed by atoms with Crippen LogP contribution in [0.25, 0.3) is 0 Å². The van der Waals surface area contributed by atoms with Gasteiger partial charge in [0.1, 0.15) is 0 Å². The molecule has 2 aliphatic rings. The Morgan fingerprint density at radius 3 is 2.47 bits per heavy atom. The molecule has 0 spiro atoms. The van der Waals surface area contributed by atoms with E-state index in [2.05, 4.69) is 0 Å². The first kappa shape index (κ1) is 11.4. The van der Waals surface area contributed by atoms with E-state index in [0.29, 0.717) is 0 Å². The fourth-order valence-electron chi connectivity index (χ4n) is 2.90. The Labute approximate surface area is 93.0 Å². The Hall–Kier alpha value is -0.0800. The van der Waals surface area contributed by atoms with Crippen LogP contribution in [0.4, 0.5) is 0 Å². The van der Waals surface area contributed by atoms with Gasteiger partial charge in [-0.1, -0.05) is 32.1 Å². The molecule has 1 atom stereocenters. The maximum absolute atomic E-state index is 10.3. The summed E-state index contributed by atoms with van der Waals surface area (Å²) in [6, 6.07) is 0. The molecule has 2 heteroatoms. The lowest BCUT2D eigenvalue weighted by Crippen LogP contribution is -2.46. The molecule has 0 aromatic heterocycles. The molecule has 88 valence electrons. The molecule has 0 saturated heterocycles. The fourth-order valence-corrected chi connectivity index (χ4v) is 2.90. The molecule has 1 N–H and O–H groups in total. The smallest absolute Gasteiger partial charge is 0.0940 e. The van der Waals surface area contributed by atoms with E-state index in [1.807, 2.05) is 6.92 Å². The summed E-state index contributed by atoms with van der Waals surface area (Å²) in [4.78, 5) is 0. The van der Waals surface area contributed by atoms with Crippen molar-refractivity contribution in [2.75, 3.05) is 6.61 Å². The summed E-state index contributed by atoms with van der Waals surface area (Å²) in [5.74, 6) is 0.791. The molecule has 0 amide bonds. The lowest BCUT2D eigenvalue weighted by atomic mass is 9.79. The summed E-state index contributed by atoms with van der Waals surface area (Å²) < 4.78 is 5.91. The van der Waals surface area contributed by atoms with E-state index < -0.39 is 0 Å². The third-order valence-electron chi connectivity index (χ3n) is 3.99. The molecule has 0 aliphatic heterocycles. The predicted octanol–water partition coefficient (Wildman–Crippen LogP) is 2.89. The Balaban J connectivity index is 1.94. The van der Waals surface area contributed by atoms with Gasteiger partial charge < -0.3 is 9.84 Å². The first-order valence-corrected chi connectivity index (χ1v) is 6.59. The van der Waals surface area contributed by atoms with Crippen molar-refractivity contribution in [1.82, 2.24) is 0 Å². The maximum atomic E-state index is 10.3. The monoisotopic (exact) mass is 212 g/mol. The molecule has 0 aromatic carbocycles. The fraction of sp³-hybridized carbons (Fsp3) is 1.00. The summed E-state index contributed by atoms with van der Waals surface area (Å²) in [6.45, 7) is 2.78. The molecule has 0 radical (unpaired) electrons. The van der Waals surface area contributed by atoms with Crippen LogP contribution in [-0.4, -0.2) is 23.4 Å². The quantitative estimate of drug-likeness (QED) is 0.759. The minimum Gasteiger partial charge on any atom is -0.390 e. The highest BCUT2D eigenvalue weighted by Gasteiger charge is 2.41. The molecule has 2 fully saturated rings. The van der Waals surface area contributed by atoms with Gasteiger partial charge in [0.25, 0.3) is 0 Å². The molecular formula is C13H24O2. The topological polar surface area (TPSA) is 29.5 Å². The van der Waals surface area contributed by atoms with Gasteiger partial charge in [0.2, 0.25) is 0 Å². The average Bonchev–Trinajstić information content (AvgIpc) is 3.03. The van der Waals surface area contributed by atoms with E-state index in [1.165, 1.54) is 32.1 Å². The van der Waals surface area contributed by atoms with Crippen molar-refractivity contribution in [3.8, 4) is 0 Å². The van der Waals surface area contributed by atoms with Crippen LogP contribution in [0, 0.1) is 5.92 Å². The van der Waals surface area contributed by atoms with E-state index in [1.54, 1.807) is 0 Å². The van der Waals surface area contributed by atoms with E-state index in [9.17, 15) is 5.11 Å². The molecule has 0 bridgehead atoms. The Morgan fingerprint density at radius 2 is 1.93 bits per heavy atom. The first-order valence-electron chi connectivity index (χ1n) is 6.59. The second-order valence-corrected chi connectivity index (χ2v) is 5.25. The van der Waals surface area contributed by atoms with Crippen molar-refractivity contribution < 1.29 is 9.84 Å². The molecule has 2 nitrogen and oxygen atoms in total. The zero-order valence-corrected chi connectivity index (χ0v) is 9.87. The molecule has 0 heterocycles. The highest BCUT2D eigenvalue weighted by molar-refractivity contribution is 4.93. The molecular weight excluding hydrogens is 188 g/mol. The minimum atomic E-state index is -0.217. The second kappa shape index (κ2) is 4.84. The van der Waals surface area contributed by atoms with Gasteiger partial charge in [0, 0.05) is 6.61 Å². The highest BCUT2D eigenvalue weighted by Crippen LogP contribution is 2.41. The molecule has 0 aromatic rings. The number of hydrogen-bond donors (Lipinski definition) is 1. The van der Waals surface area contributed by atoms with Gasteiger partial charge in [-0.25, -0.2) is 0 Å². The summed E-state index contributed by atoms with van der Waals surface area (Å²) >= 11 is 0. The van der Waals surface area contributed by atoms with Gasteiger partial charge in [-0.3, -0.25) is 0 Å². The zero-order valence-electron chi connectivity index (χ0n) is 9.87. The summed E-state index contributed by atoms with van der Waals surface area (Å²) in [5, 5.41) is 10.3. The lowest BCUT2D eigenvalue weighted by Gasteiger charge is -2.41. The predicted molar refractivity (Wildman–Crippen MR) is 60.8 cm³/mol. The van der Waals surface area contributed by atoms with E-state index in [4.69, 9.17) is 4.74 Å². The number of hydrogen-bond acceptors (Lipinski definition) is 2. The number of aliphatic hydroxyl groups is 1. The summed E-state index contributed by atoms with van der Waals surface area (Å²) in [5.41, 5.74) is -0.185.